The molecule has 0 amide bonds. The molecule has 1 aromatic heterocycles. The largest absolute Gasteiger partial charge is 0.339 e. The Kier molecular flexibility index (Phi) is 4.72. The summed E-state index contributed by atoms with van der Waals surface area (Å²) in [5, 5.41) is 0.793. The molecule has 29 heavy (non-hydrogen) atoms. The fourth-order valence-electron chi connectivity index (χ4n) is 3.45. The van der Waals surface area contributed by atoms with Crippen molar-refractivity contribution in [2.75, 3.05) is 11.4 Å². The Morgan fingerprint density at radius 2 is 1.59 bits per heavy atom. The van der Waals surface area contributed by atoms with E-state index in [1.807, 2.05) is 43.3 Å². The Balaban J connectivity index is 1.97. The molecule has 0 saturated carbocycles. The molecule has 3 aromatic carbocycles. The summed E-state index contributed by atoms with van der Waals surface area (Å²) in [6.07, 6.45) is 0.770. The van der Waals surface area contributed by atoms with Gasteiger partial charge in [0.25, 0.3) is 10.0 Å². The van der Waals surface area contributed by atoms with Gasteiger partial charge in [-0.1, -0.05) is 60.2 Å². The molecular formula is C23H20N2O3S. The first kappa shape index (κ1) is 19.0. The molecule has 5 nitrogen and oxygen atoms in total. The zero-order valence-electron chi connectivity index (χ0n) is 16.1. The van der Waals surface area contributed by atoms with Crippen molar-refractivity contribution in [2.45, 2.75) is 11.8 Å². The van der Waals surface area contributed by atoms with E-state index in [2.05, 4.69) is 4.98 Å². The zero-order chi connectivity index (χ0) is 20.6. The maximum atomic E-state index is 13.3. The van der Waals surface area contributed by atoms with Crippen LogP contribution in [0.3, 0.4) is 0 Å². The number of aldehydes is 1. The second-order valence-electron chi connectivity index (χ2n) is 6.89. The van der Waals surface area contributed by atoms with Crippen molar-refractivity contribution >= 4 is 33.0 Å². The highest BCUT2D eigenvalue weighted by molar-refractivity contribution is 7.92. The fraction of sp³-hybridized carbons (Fsp3) is 0.0870. The summed E-state index contributed by atoms with van der Waals surface area (Å²) in [5.41, 5.74) is 3.68. The van der Waals surface area contributed by atoms with Gasteiger partial charge in [-0.25, -0.2) is 8.42 Å². The Morgan fingerprint density at radius 1 is 0.897 bits per heavy atom. The second kappa shape index (κ2) is 7.22. The van der Waals surface area contributed by atoms with Gasteiger partial charge in [0.2, 0.25) is 0 Å². The van der Waals surface area contributed by atoms with E-state index in [0.717, 1.165) is 28.4 Å². The minimum Gasteiger partial charge on any atom is -0.339 e. The molecule has 146 valence electrons. The van der Waals surface area contributed by atoms with Gasteiger partial charge in [0, 0.05) is 23.6 Å². The number of sulfonamides is 1. The molecule has 0 aliphatic carbocycles. The van der Waals surface area contributed by atoms with Crippen LogP contribution in [0.25, 0.3) is 22.0 Å². The Bertz CT molecular complexity index is 1290. The Hall–Kier alpha value is -3.38. The van der Waals surface area contributed by atoms with Gasteiger partial charge in [-0.2, -0.15) is 0 Å². The highest BCUT2D eigenvalue weighted by Crippen LogP contribution is 2.39. The molecule has 0 aliphatic rings. The minimum atomic E-state index is -3.79. The third-order valence-electron chi connectivity index (χ3n) is 5.03. The number of benzene rings is 3. The van der Waals surface area contributed by atoms with Gasteiger partial charge in [-0.15, -0.1) is 0 Å². The van der Waals surface area contributed by atoms with E-state index in [4.69, 9.17) is 0 Å². The van der Waals surface area contributed by atoms with Crippen LogP contribution in [0.5, 0.6) is 0 Å². The van der Waals surface area contributed by atoms with Crippen molar-refractivity contribution in [3.05, 3.63) is 83.9 Å². The van der Waals surface area contributed by atoms with Crippen molar-refractivity contribution < 1.29 is 13.2 Å². The monoisotopic (exact) mass is 404 g/mol. The molecule has 6 heteroatoms. The van der Waals surface area contributed by atoms with Crippen LogP contribution >= 0.6 is 0 Å². The maximum absolute atomic E-state index is 13.3. The molecule has 0 spiro atoms. The average Bonchev–Trinajstić information content (AvgIpc) is 3.13. The fourth-order valence-corrected chi connectivity index (χ4v) is 4.62. The molecule has 0 radical (unpaired) electrons. The summed E-state index contributed by atoms with van der Waals surface area (Å²) < 4.78 is 27.8. The number of rotatable bonds is 5. The number of aromatic nitrogens is 1. The topological polar surface area (TPSA) is 70.2 Å². The molecule has 0 saturated heterocycles. The standard InChI is InChI=1S/C23H20N2O3S/c1-16-11-13-19(14-12-16)29(27,28)25(2)23-21(17-7-4-3-5-8-17)20-10-6-9-18(15-26)22(20)24-23/h3-15,24H,1-2H3. The third-order valence-corrected chi connectivity index (χ3v) is 6.80. The summed E-state index contributed by atoms with van der Waals surface area (Å²) in [5.74, 6) is 0.418. The number of carbonyl (C=O) groups is 1. The number of anilines is 1. The molecule has 1 heterocycles. The van der Waals surface area contributed by atoms with Crippen LogP contribution in [0.4, 0.5) is 5.82 Å². The minimum absolute atomic E-state index is 0.207. The van der Waals surface area contributed by atoms with E-state index in [9.17, 15) is 13.2 Å². The highest BCUT2D eigenvalue weighted by atomic mass is 32.2. The van der Waals surface area contributed by atoms with Crippen LogP contribution in [0.15, 0.2) is 77.7 Å². The molecule has 1 N–H and O–H groups in total. The molecule has 0 bridgehead atoms. The molecule has 4 rings (SSSR count). The molecule has 0 atom stereocenters. The zero-order valence-corrected chi connectivity index (χ0v) is 16.9. The van der Waals surface area contributed by atoms with Gasteiger partial charge in [-0.3, -0.25) is 9.10 Å². The third kappa shape index (κ3) is 3.21. The van der Waals surface area contributed by atoms with E-state index in [0.29, 0.717) is 16.9 Å². The SMILES string of the molecule is Cc1ccc(S(=O)(=O)N(C)c2[nH]c3c(C=O)cccc3c2-c2ccccc2)cc1. The molecule has 0 aliphatic heterocycles. The van der Waals surface area contributed by atoms with Gasteiger partial charge < -0.3 is 4.98 Å². The van der Waals surface area contributed by atoms with Crippen LogP contribution in [0.2, 0.25) is 0 Å². The van der Waals surface area contributed by atoms with Crippen molar-refractivity contribution in [2.24, 2.45) is 0 Å². The lowest BCUT2D eigenvalue weighted by Gasteiger charge is -2.20. The van der Waals surface area contributed by atoms with Crippen LogP contribution in [0.1, 0.15) is 15.9 Å². The van der Waals surface area contributed by atoms with Gasteiger partial charge in [0.15, 0.2) is 6.29 Å². The predicted octanol–water partition coefficient (Wildman–Crippen LogP) is 4.78. The summed E-state index contributed by atoms with van der Waals surface area (Å²) in [6.45, 7) is 1.91. The smallest absolute Gasteiger partial charge is 0.265 e. The van der Waals surface area contributed by atoms with Crippen molar-refractivity contribution in [3.63, 3.8) is 0 Å². The Labute approximate surface area is 169 Å². The van der Waals surface area contributed by atoms with Crippen molar-refractivity contribution in [1.29, 1.82) is 0 Å². The van der Waals surface area contributed by atoms with E-state index in [-0.39, 0.29) is 4.90 Å². The van der Waals surface area contributed by atoms with Crippen molar-refractivity contribution in [3.8, 4) is 11.1 Å². The van der Waals surface area contributed by atoms with E-state index in [1.165, 1.54) is 11.4 Å². The Morgan fingerprint density at radius 3 is 2.24 bits per heavy atom. The number of aryl methyl sites for hydroxylation is 1. The number of carbonyl (C=O) groups excluding carboxylic acids is 1. The summed E-state index contributed by atoms with van der Waals surface area (Å²) in [6, 6.07) is 21.7. The number of hydrogen-bond donors (Lipinski definition) is 1. The first-order chi connectivity index (χ1) is 13.9. The predicted molar refractivity (Wildman–Crippen MR) is 116 cm³/mol. The van der Waals surface area contributed by atoms with Crippen molar-refractivity contribution in [1.82, 2.24) is 4.98 Å². The molecule has 0 fully saturated rings. The summed E-state index contributed by atoms with van der Waals surface area (Å²) in [4.78, 5) is 14.9. The highest BCUT2D eigenvalue weighted by Gasteiger charge is 2.27. The van der Waals surface area contributed by atoms with E-state index in [1.54, 1.807) is 36.4 Å². The van der Waals surface area contributed by atoms with Gasteiger partial charge in [-0.05, 0) is 30.7 Å². The number of para-hydroxylation sites is 1. The quantitative estimate of drug-likeness (QED) is 0.487. The lowest BCUT2D eigenvalue weighted by atomic mass is 10.0. The maximum Gasteiger partial charge on any atom is 0.265 e. The second-order valence-corrected chi connectivity index (χ2v) is 8.86. The number of nitrogens with zero attached hydrogens (tertiary/aromatic N) is 1. The van der Waals surface area contributed by atoms with Gasteiger partial charge in [0.05, 0.1) is 10.4 Å². The molecular weight excluding hydrogens is 384 g/mol. The first-order valence-corrected chi connectivity index (χ1v) is 10.6. The normalized spacial score (nSPS) is 11.5. The average molecular weight is 404 g/mol. The van der Waals surface area contributed by atoms with Crippen LogP contribution < -0.4 is 4.31 Å². The van der Waals surface area contributed by atoms with Gasteiger partial charge >= 0.3 is 0 Å². The molecule has 4 aromatic rings. The lowest BCUT2D eigenvalue weighted by molar-refractivity contribution is 0.112. The van der Waals surface area contributed by atoms with E-state index < -0.39 is 10.0 Å². The van der Waals surface area contributed by atoms with Crippen LogP contribution in [0, 0.1) is 6.92 Å². The van der Waals surface area contributed by atoms with E-state index >= 15 is 0 Å². The molecule has 0 unspecified atom stereocenters. The summed E-state index contributed by atoms with van der Waals surface area (Å²) >= 11 is 0. The van der Waals surface area contributed by atoms with Gasteiger partial charge in [0.1, 0.15) is 5.82 Å². The summed E-state index contributed by atoms with van der Waals surface area (Å²) in [7, 11) is -2.27. The number of H-pyrrole nitrogens is 1. The number of hydrogen-bond acceptors (Lipinski definition) is 3. The lowest BCUT2D eigenvalue weighted by Crippen LogP contribution is -2.27. The number of aromatic amines is 1. The van der Waals surface area contributed by atoms with Crippen LogP contribution in [-0.2, 0) is 10.0 Å². The number of fused-ring (bicyclic) bond motifs is 1. The first-order valence-electron chi connectivity index (χ1n) is 9.14. The van der Waals surface area contributed by atoms with Crippen LogP contribution in [-0.4, -0.2) is 26.7 Å². The number of nitrogens with one attached hydrogen (secondary N) is 1.